The van der Waals surface area contributed by atoms with Crippen LogP contribution < -0.4 is 10.1 Å². The van der Waals surface area contributed by atoms with Crippen LogP contribution in [0.2, 0.25) is 5.02 Å². The third kappa shape index (κ3) is 1.72. The molecule has 1 fully saturated rings. The van der Waals surface area contributed by atoms with Gasteiger partial charge in [-0.1, -0.05) is 17.7 Å². The van der Waals surface area contributed by atoms with Gasteiger partial charge in [0.1, 0.15) is 5.75 Å². The van der Waals surface area contributed by atoms with E-state index in [0.717, 1.165) is 17.2 Å². The predicted molar refractivity (Wildman–Crippen MR) is 58.0 cm³/mol. The van der Waals surface area contributed by atoms with E-state index in [1.54, 1.807) is 7.11 Å². The summed E-state index contributed by atoms with van der Waals surface area (Å²) in [5, 5.41) is 4.20. The number of ether oxygens (including phenoxy) is 1. The first-order valence-electron chi connectivity index (χ1n) is 4.80. The zero-order valence-corrected chi connectivity index (χ0v) is 9.14. The Morgan fingerprint density at radius 1 is 1.50 bits per heavy atom. The van der Waals surface area contributed by atoms with Crippen molar-refractivity contribution in [3.8, 4) is 5.75 Å². The highest BCUT2D eigenvalue weighted by molar-refractivity contribution is 6.31. The van der Waals surface area contributed by atoms with Gasteiger partial charge in [-0.3, -0.25) is 0 Å². The molecule has 1 aromatic carbocycles. The summed E-state index contributed by atoms with van der Waals surface area (Å²) in [6, 6.07) is 6.87. The van der Waals surface area contributed by atoms with Gasteiger partial charge in [0.15, 0.2) is 0 Å². The first-order chi connectivity index (χ1) is 6.70. The topological polar surface area (TPSA) is 21.3 Å². The SMILES string of the molecule is COc1ccc(C2CC(C)N2)c(Cl)c1. The van der Waals surface area contributed by atoms with Crippen LogP contribution in [-0.4, -0.2) is 13.2 Å². The Balaban J connectivity index is 2.18. The lowest BCUT2D eigenvalue weighted by Gasteiger charge is -2.35. The lowest BCUT2D eigenvalue weighted by atomic mass is 9.92. The van der Waals surface area contributed by atoms with Crippen LogP contribution in [0.15, 0.2) is 18.2 Å². The van der Waals surface area contributed by atoms with Gasteiger partial charge >= 0.3 is 0 Å². The molecule has 0 radical (unpaired) electrons. The normalized spacial score (nSPS) is 25.6. The monoisotopic (exact) mass is 211 g/mol. The van der Waals surface area contributed by atoms with Crippen LogP contribution in [0.4, 0.5) is 0 Å². The van der Waals surface area contributed by atoms with Gasteiger partial charge in [0, 0.05) is 17.1 Å². The summed E-state index contributed by atoms with van der Waals surface area (Å²) in [5.41, 5.74) is 1.17. The van der Waals surface area contributed by atoms with Crippen LogP contribution in [0.25, 0.3) is 0 Å². The summed E-state index contributed by atoms with van der Waals surface area (Å²) in [5.74, 6) is 0.811. The largest absolute Gasteiger partial charge is 0.497 e. The van der Waals surface area contributed by atoms with E-state index in [1.807, 2.05) is 18.2 Å². The van der Waals surface area contributed by atoms with Crippen molar-refractivity contribution in [2.45, 2.75) is 25.4 Å². The molecule has 2 unspecified atom stereocenters. The third-order valence-electron chi connectivity index (χ3n) is 2.66. The van der Waals surface area contributed by atoms with Crippen LogP contribution in [0.5, 0.6) is 5.75 Å². The maximum Gasteiger partial charge on any atom is 0.120 e. The van der Waals surface area contributed by atoms with Crippen LogP contribution in [0, 0.1) is 0 Å². The van der Waals surface area contributed by atoms with E-state index in [0.29, 0.717) is 12.1 Å². The summed E-state index contributed by atoms with van der Waals surface area (Å²) < 4.78 is 5.10. The molecular weight excluding hydrogens is 198 g/mol. The molecule has 1 N–H and O–H groups in total. The van der Waals surface area contributed by atoms with E-state index in [9.17, 15) is 0 Å². The predicted octanol–water partition coefficient (Wildman–Crippen LogP) is 2.77. The van der Waals surface area contributed by atoms with E-state index >= 15 is 0 Å². The number of nitrogens with one attached hydrogen (secondary N) is 1. The molecular formula is C11H14ClNO. The van der Waals surface area contributed by atoms with Gasteiger partial charge in [0.2, 0.25) is 0 Å². The molecule has 0 aliphatic carbocycles. The van der Waals surface area contributed by atoms with Gasteiger partial charge in [0.05, 0.1) is 7.11 Å². The second-order valence-electron chi connectivity index (χ2n) is 3.74. The van der Waals surface area contributed by atoms with Gasteiger partial charge in [-0.05, 0) is 31.0 Å². The van der Waals surface area contributed by atoms with Crippen molar-refractivity contribution in [2.24, 2.45) is 0 Å². The summed E-state index contributed by atoms with van der Waals surface area (Å²) in [4.78, 5) is 0. The fourth-order valence-electron chi connectivity index (χ4n) is 1.81. The second kappa shape index (κ2) is 3.79. The van der Waals surface area contributed by atoms with Crippen molar-refractivity contribution in [1.82, 2.24) is 5.32 Å². The van der Waals surface area contributed by atoms with Crippen LogP contribution in [0.1, 0.15) is 24.9 Å². The first kappa shape index (κ1) is 9.81. The third-order valence-corrected chi connectivity index (χ3v) is 2.99. The van der Waals surface area contributed by atoms with E-state index in [2.05, 4.69) is 12.2 Å². The van der Waals surface area contributed by atoms with Crippen molar-refractivity contribution in [2.75, 3.05) is 7.11 Å². The molecule has 1 heterocycles. The summed E-state index contributed by atoms with van der Waals surface area (Å²) in [7, 11) is 1.65. The number of halogens is 1. The van der Waals surface area contributed by atoms with Crippen molar-refractivity contribution in [1.29, 1.82) is 0 Å². The Bertz CT molecular complexity index is 334. The minimum absolute atomic E-state index is 0.420. The quantitative estimate of drug-likeness (QED) is 0.813. The summed E-state index contributed by atoms with van der Waals surface area (Å²) in [6.07, 6.45) is 1.16. The van der Waals surface area contributed by atoms with Crippen molar-refractivity contribution in [3.05, 3.63) is 28.8 Å². The van der Waals surface area contributed by atoms with Crippen LogP contribution >= 0.6 is 11.6 Å². The highest BCUT2D eigenvalue weighted by Gasteiger charge is 2.27. The van der Waals surface area contributed by atoms with Gasteiger partial charge in [-0.15, -0.1) is 0 Å². The second-order valence-corrected chi connectivity index (χ2v) is 4.15. The van der Waals surface area contributed by atoms with Crippen LogP contribution in [0.3, 0.4) is 0 Å². The summed E-state index contributed by atoms with van der Waals surface area (Å²) >= 11 is 6.14. The van der Waals surface area contributed by atoms with Gasteiger partial charge in [-0.2, -0.15) is 0 Å². The standard InChI is InChI=1S/C11H14ClNO/c1-7-5-11(13-7)9-4-3-8(14-2)6-10(9)12/h3-4,6-7,11,13H,5H2,1-2H3. The number of hydrogen-bond donors (Lipinski definition) is 1. The molecule has 14 heavy (non-hydrogen) atoms. The van der Waals surface area contributed by atoms with Gasteiger partial charge < -0.3 is 10.1 Å². The van der Waals surface area contributed by atoms with Gasteiger partial charge in [0.25, 0.3) is 0 Å². The molecule has 0 bridgehead atoms. The molecule has 76 valence electrons. The average molecular weight is 212 g/mol. The maximum atomic E-state index is 6.14. The molecule has 0 amide bonds. The van der Waals surface area contributed by atoms with Crippen molar-refractivity contribution >= 4 is 11.6 Å². The lowest BCUT2D eigenvalue weighted by Crippen LogP contribution is -2.43. The summed E-state index contributed by atoms with van der Waals surface area (Å²) in [6.45, 7) is 2.17. The Morgan fingerprint density at radius 2 is 2.21 bits per heavy atom. The Labute approximate surface area is 89.2 Å². The van der Waals surface area contributed by atoms with Crippen molar-refractivity contribution in [3.63, 3.8) is 0 Å². The smallest absolute Gasteiger partial charge is 0.120 e. The molecule has 1 aliphatic rings. The molecule has 1 aromatic rings. The highest BCUT2D eigenvalue weighted by Crippen LogP contribution is 2.34. The molecule has 3 heteroatoms. The molecule has 1 aliphatic heterocycles. The lowest BCUT2D eigenvalue weighted by molar-refractivity contribution is 0.287. The Hall–Kier alpha value is -0.730. The highest BCUT2D eigenvalue weighted by atomic mass is 35.5. The fraction of sp³-hybridized carbons (Fsp3) is 0.455. The number of hydrogen-bond acceptors (Lipinski definition) is 2. The number of benzene rings is 1. The molecule has 2 rings (SSSR count). The van der Waals surface area contributed by atoms with Crippen LogP contribution in [-0.2, 0) is 0 Å². The molecule has 1 saturated heterocycles. The van der Waals surface area contributed by atoms with Gasteiger partial charge in [-0.25, -0.2) is 0 Å². The van der Waals surface area contributed by atoms with E-state index < -0.39 is 0 Å². The zero-order valence-electron chi connectivity index (χ0n) is 8.38. The Morgan fingerprint density at radius 3 is 2.71 bits per heavy atom. The first-order valence-corrected chi connectivity index (χ1v) is 5.18. The molecule has 0 saturated carbocycles. The van der Waals surface area contributed by atoms with E-state index in [-0.39, 0.29) is 0 Å². The minimum atomic E-state index is 0.420. The average Bonchev–Trinajstić information content (AvgIpc) is 2.13. The van der Waals surface area contributed by atoms with E-state index in [1.165, 1.54) is 5.56 Å². The Kier molecular flexibility index (Phi) is 2.66. The van der Waals surface area contributed by atoms with E-state index in [4.69, 9.17) is 16.3 Å². The number of methoxy groups -OCH3 is 1. The zero-order chi connectivity index (χ0) is 10.1. The maximum absolute atomic E-state index is 6.14. The molecule has 0 aromatic heterocycles. The molecule has 0 spiro atoms. The fourth-order valence-corrected chi connectivity index (χ4v) is 2.11. The molecule has 2 atom stereocenters. The molecule has 2 nitrogen and oxygen atoms in total. The number of rotatable bonds is 2. The van der Waals surface area contributed by atoms with Crippen molar-refractivity contribution < 1.29 is 4.74 Å². The minimum Gasteiger partial charge on any atom is -0.497 e.